The largest absolute Gasteiger partial charge is 0.365 e. The maximum Gasteiger partial charge on any atom is 0.256 e. The number of halogens is 4. The molecule has 0 radical (unpaired) electrons. The molecule has 4 N–H and O–H groups in total. The molecule has 5 nitrogen and oxygen atoms in total. The number of hydrogen-bond acceptors (Lipinski definition) is 3. The number of amides is 1. The molecule has 0 saturated heterocycles. The van der Waals surface area contributed by atoms with E-state index in [1.54, 1.807) is 12.1 Å². The number of carbonyl (C=O) groups excluding carboxylic acids is 1. The quantitative estimate of drug-likeness (QED) is 0.562. The summed E-state index contributed by atoms with van der Waals surface area (Å²) in [5.74, 6) is -0.870. The Morgan fingerprint density at radius 1 is 1.00 bits per heavy atom. The summed E-state index contributed by atoms with van der Waals surface area (Å²) in [4.78, 5) is 27.5. The van der Waals surface area contributed by atoms with Gasteiger partial charge in [0.15, 0.2) is 0 Å². The second-order valence-corrected chi connectivity index (χ2v) is 6.75. The molecule has 9 heteroatoms. The fraction of sp³-hybridized carbons (Fsp3) is 0. The monoisotopic (exact) mass is 415 g/mol. The Balaban J connectivity index is 2.30. The molecule has 3 aromatic rings. The van der Waals surface area contributed by atoms with E-state index in [0.29, 0.717) is 15.7 Å². The first-order valence-corrected chi connectivity index (χ1v) is 8.36. The number of anilines is 2. The number of nitrogens with one attached hydrogen (secondary N) is 2. The molecule has 0 spiro atoms. The third-order valence-corrected chi connectivity index (χ3v) is 4.67. The van der Waals surface area contributed by atoms with Gasteiger partial charge in [-0.15, -0.1) is 0 Å². The van der Waals surface area contributed by atoms with Crippen molar-refractivity contribution in [2.75, 3.05) is 5.32 Å². The number of primary amides is 1. The lowest BCUT2D eigenvalue weighted by molar-refractivity contribution is 0.1000. The van der Waals surface area contributed by atoms with Gasteiger partial charge in [-0.3, -0.25) is 9.59 Å². The molecular formula is C16H9Cl4N3O2. The van der Waals surface area contributed by atoms with Gasteiger partial charge in [0.25, 0.3) is 5.91 Å². The van der Waals surface area contributed by atoms with Crippen LogP contribution in [0.1, 0.15) is 10.4 Å². The SMILES string of the molecule is NC(=O)c1c(Nc2ccc(Cl)cc2Cl)[nH]c2c(Cl)ccc(Cl)c2c1=O. The Morgan fingerprint density at radius 3 is 2.32 bits per heavy atom. The molecule has 0 saturated carbocycles. The first-order chi connectivity index (χ1) is 11.8. The zero-order chi connectivity index (χ0) is 18.3. The van der Waals surface area contributed by atoms with Gasteiger partial charge in [-0.05, 0) is 30.3 Å². The first kappa shape index (κ1) is 17.9. The topological polar surface area (TPSA) is 88.0 Å². The number of benzene rings is 2. The number of aromatic nitrogens is 1. The number of carbonyl (C=O) groups is 1. The molecular weight excluding hydrogens is 408 g/mol. The second-order valence-electron chi connectivity index (χ2n) is 5.10. The standard InChI is InChI=1S/C16H9Cl4N3O2/c17-6-1-4-10(9(20)5-6)22-16-12(15(21)25)14(24)11-7(18)2-3-8(19)13(11)23-16/h1-5H,(H2,21,25)(H2,22,23,24). The Bertz CT molecular complexity index is 1080. The van der Waals surface area contributed by atoms with E-state index >= 15 is 0 Å². The summed E-state index contributed by atoms with van der Waals surface area (Å²) in [7, 11) is 0. The highest BCUT2D eigenvalue weighted by molar-refractivity contribution is 6.40. The highest BCUT2D eigenvalue weighted by Crippen LogP contribution is 2.31. The summed E-state index contributed by atoms with van der Waals surface area (Å²) in [6.07, 6.45) is 0. The summed E-state index contributed by atoms with van der Waals surface area (Å²) >= 11 is 24.2. The van der Waals surface area contributed by atoms with E-state index in [4.69, 9.17) is 52.1 Å². The molecule has 0 bridgehead atoms. The predicted molar refractivity (Wildman–Crippen MR) is 103 cm³/mol. The van der Waals surface area contributed by atoms with E-state index in [1.807, 2.05) is 0 Å². The number of pyridine rings is 1. The fourth-order valence-electron chi connectivity index (χ4n) is 2.38. The zero-order valence-corrected chi connectivity index (χ0v) is 15.3. The van der Waals surface area contributed by atoms with Crippen molar-refractivity contribution in [3.8, 4) is 0 Å². The summed E-state index contributed by atoms with van der Waals surface area (Å²) in [6.45, 7) is 0. The van der Waals surface area contributed by atoms with Gasteiger partial charge in [0, 0.05) is 5.02 Å². The van der Waals surface area contributed by atoms with E-state index in [1.165, 1.54) is 18.2 Å². The Morgan fingerprint density at radius 2 is 1.68 bits per heavy atom. The Hall–Kier alpha value is -1.92. The molecule has 0 unspecified atom stereocenters. The van der Waals surface area contributed by atoms with Gasteiger partial charge in [0.1, 0.15) is 11.4 Å². The van der Waals surface area contributed by atoms with Crippen LogP contribution in [0, 0.1) is 0 Å². The lowest BCUT2D eigenvalue weighted by atomic mass is 10.1. The van der Waals surface area contributed by atoms with Gasteiger partial charge in [-0.2, -0.15) is 0 Å². The minimum Gasteiger partial charge on any atom is -0.365 e. The highest BCUT2D eigenvalue weighted by atomic mass is 35.5. The molecule has 25 heavy (non-hydrogen) atoms. The van der Waals surface area contributed by atoms with Crippen LogP contribution in [0.25, 0.3) is 10.9 Å². The van der Waals surface area contributed by atoms with Crippen LogP contribution >= 0.6 is 46.4 Å². The number of rotatable bonds is 3. The molecule has 3 rings (SSSR count). The van der Waals surface area contributed by atoms with E-state index in [2.05, 4.69) is 10.3 Å². The van der Waals surface area contributed by atoms with Gasteiger partial charge in [-0.25, -0.2) is 0 Å². The van der Waals surface area contributed by atoms with Crippen molar-refractivity contribution in [3.05, 3.63) is 66.2 Å². The Kier molecular flexibility index (Phi) is 4.84. The second kappa shape index (κ2) is 6.77. The van der Waals surface area contributed by atoms with Crippen LogP contribution in [0.3, 0.4) is 0 Å². The van der Waals surface area contributed by atoms with Crippen molar-refractivity contribution < 1.29 is 4.79 Å². The molecule has 0 atom stereocenters. The molecule has 0 aliphatic heterocycles. The van der Waals surface area contributed by atoms with Gasteiger partial charge >= 0.3 is 0 Å². The van der Waals surface area contributed by atoms with Crippen molar-refractivity contribution in [1.29, 1.82) is 0 Å². The molecule has 0 aliphatic carbocycles. The van der Waals surface area contributed by atoms with Crippen LogP contribution in [0.4, 0.5) is 11.5 Å². The van der Waals surface area contributed by atoms with Crippen LogP contribution in [-0.2, 0) is 0 Å². The fourth-order valence-corrected chi connectivity index (χ4v) is 3.28. The number of aromatic amines is 1. The molecule has 0 fully saturated rings. The predicted octanol–water partition coefficient (Wildman–Crippen LogP) is 4.98. The summed E-state index contributed by atoms with van der Waals surface area (Å²) in [5, 5.41) is 4.10. The zero-order valence-electron chi connectivity index (χ0n) is 12.3. The van der Waals surface area contributed by atoms with Crippen LogP contribution in [0.5, 0.6) is 0 Å². The average Bonchev–Trinajstić information content (AvgIpc) is 2.53. The number of hydrogen-bond donors (Lipinski definition) is 3. The maximum atomic E-state index is 12.7. The molecule has 1 aromatic heterocycles. The number of fused-ring (bicyclic) bond motifs is 1. The summed E-state index contributed by atoms with van der Waals surface area (Å²) in [6, 6.07) is 7.71. The molecule has 1 amide bonds. The first-order valence-electron chi connectivity index (χ1n) is 6.85. The number of H-pyrrole nitrogens is 1. The lowest BCUT2D eigenvalue weighted by Crippen LogP contribution is -2.25. The van der Waals surface area contributed by atoms with Crippen LogP contribution in [0.15, 0.2) is 35.1 Å². The molecule has 128 valence electrons. The van der Waals surface area contributed by atoms with Crippen molar-refractivity contribution in [2.24, 2.45) is 5.73 Å². The average molecular weight is 417 g/mol. The minimum atomic E-state index is -0.924. The summed E-state index contributed by atoms with van der Waals surface area (Å²) < 4.78 is 0. The van der Waals surface area contributed by atoms with Crippen LogP contribution < -0.4 is 16.5 Å². The smallest absolute Gasteiger partial charge is 0.256 e. The Labute approximate surface area is 161 Å². The van der Waals surface area contributed by atoms with Crippen molar-refractivity contribution in [3.63, 3.8) is 0 Å². The van der Waals surface area contributed by atoms with Gasteiger partial charge in [0.2, 0.25) is 5.43 Å². The van der Waals surface area contributed by atoms with Gasteiger partial charge < -0.3 is 16.0 Å². The maximum absolute atomic E-state index is 12.7. The van der Waals surface area contributed by atoms with Crippen molar-refractivity contribution in [1.82, 2.24) is 4.98 Å². The molecule has 1 heterocycles. The van der Waals surface area contributed by atoms with Gasteiger partial charge in [0.05, 0.1) is 31.7 Å². The highest BCUT2D eigenvalue weighted by Gasteiger charge is 2.20. The van der Waals surface area contributed by atoms with E-state index < -0.39 is 11.3 Å². The van der Waals surface area contributed by atoms with E-state index in [0.717, 1.165) is 0 Å². The van der Waals surface area contributed by atoms with Gasteiger partial charge in [-0.1, -0.05) is 46.4 Å². The third-order valence-electron chi connectivity index (χ3n) is 3.49. The minimum absolute atomic E-state index is 0.0541. The molecule has 2 aromatic carbocycles. The third kappa shape index (κ3) is 3.28. The normalized spacial score (nSPS) is 10.9. The van der Waals surface area contributed by atoms with Crippen LogP contribution in [-0.4, -0.2) is 10.9 Å². The summed E-state index contributed by atoms with van der Waals surface area (Å²) in [5.41, 5.74) is 5.15. The number of nitrogens with two attached hydrogens (primary N) is 1. The lowest BCUT2D eigenvalue weighted by Gasteiger charge is -2.14. The van der Waals surface area contributed by atoms with Crippen molar-refractivity contribution >= 4 is 74.7 Å². The van der Waals surface area contributed by atoms with E-state index in [9.17, 15) is 9.59 Å². The van der Waals surface area contributed by atoms with Crippen LogP contribution in [0.2, 0.25) is 20.1 Å². The van der Waals surface area contributed by atoms with E-state index in [-0.39, 0.29) is 32.3 Å². The molecule has 0 aliphatic rings. The van der Waals surface area contributed by atoms with Crippen molar-refractivity contribution in [2.45, 2.75) is 0 Å².